The predicted octanol–water partition coefficient (Wildman–Crippen LogP) is 5.62. The zero-order valence-corrected chi connectivity index (χ0v) is 16.5. The third-order valence-corrected chi connectivity index (χ3v) is 4.90. The van der Waals surface area contributed by atoms with Gasteiger partial charge in [0.1, 0.15) is 0 Å². The Morgan fingerprint density at radius 1 is 0.840 bits per heavy atom. The Bertz CT molecular complexity index is 947. The number of fused-ring (bicyclic) bond motifs is 1. The van der Waals surface area contributed by atoms with Crippen molar-refractivity contribution >= 4 is 10.9 Å². The van der Waals surface area contributed by atoms with Crippen molar-refractivity contribution in [1.82, 2.24) is 4.57 Å². The molecule has 1 heterocycles. The second kappa shape index (κ2) is 7.69. The lowest BCUT2D eigenvalue weighted by atomic mass is 10.0. The summed E-state index contributed by atoms with van der Waals surface area (Å²) in [5, 5.41) is 0.823. The van der Waals surface area contributed by atoms with E-state index >= 15 is 0 Å². The van der Waals surface area contributed by atoms with Gasteiger partial charge in [-0.3, -0.25) is 4.79 Å². The van der Waals surface area contributed by atoms with Crippen LogP contribution < -0.4 is 5.43 Å². The highest BCUT2D eigenvalue weighted by molar-refractivity contribution is 5.82. The minimum Gasteiger partial charge on any atom is -0.340 e. The van der Waals surface area contributed by atoms with E-state index in [9.17, 15) is 4.79 Å². The molecular formula is C23H29NO. The summed E-state index contributed by atoms with van der Waals surface area (Å²) in [6.45, 7) is 15.0. The molecule has 0 amide bonds. The quantitative estimate of drug-likeness (QED) is 0.596. The van der Waals surface area contributed by atoms with Crippen LogP contribution in [0.1, 0.15) is 47.4 Å². The van der Waals surface area contributed by atoms with Crippen molar-refractivity contribution in [1.29, 1.82) is 0 Å². The third-order valence-electron chi connectivity index (χ3n) is 4.90. The number of rotatable bonds is 2. The number of nitrogens with zero attached hydrogens (tertiary/aromatic N) is 1. The van der Waals surface area contributed by atoms with E-state index in [1.807, 2.05) is 33.8 Å². The van der Waals surface area contributed by atoms with Crippen molar-refractivity contribution in [2.24, 2.45) is 0 Å². The van der Waals surface area contributed by atoms with Gasteiger partial charge in [0.2, 0.25) is 0 Å². The Hall–Kier alpha value is -2.35. The molecule has 0 saturated heterocycles. The van der Waals surface area contributed by atoms with E-state index in [-0.39, 0.29) is 5.43 Å². The second-order valence-corrected chi connectivity index (χ2v) is 6.56. The van der Waals surface area contributed by atoms with Crippen molar-refractivity contribution < 1.29 is 0 Å². The fourth-order valence-corrected chi connectivity index (χ4v) is 3.04. The molecule has 0 bridgehead atoms. The van der Waals surface area contributed by atoms with Crippen LogP contribution in [0.2, 0.25) is 0 Å². The van der Waals surface area contributed by atoms with E-state index in [0.717, 1.165) is 28.7 Å². The van der Waals surface area contributed by atoms with E-state index in [4.69, 9.17) is 0 Å². The van der Waals surface area contributed by atoms with Gasteiger partial charge in [0.15, 0.2) is 5.43 Å². The smallest absolute Gasteiger partial charge is 0.192 e. The summed E-state index contributed by atoms with van der Waals surface area (Å²) in [6.07, 6.45) is 0. The molecule has 0 atom stereocenters. The summed E-state index contributed by atoms with van der Waals surface area (Å²) >= 11 is 0. The largest absolute Gasteiger partial charge is 0.340 e. The SMILES string of the molecule is CC.Cc1ccc(Cn2c(C)c(C)c(=O)c3cc(C)c(C)cc32)cc1. The average Bonchev–Trinajstić information content (AvgIpc) is 2.62. The predicted molar refractivity (Wildman–Crippen MR) is 109 cm³/mol. The van der Waals surface area contributed by atoms with E-state index in [1.165, 1.54) is 22.3 Å². The number of hydrogen-bond acceptors (Lipinski definition) is 1. The minimum atomic E-state index is 0.153. The molecular weight excluding hydrogens is 306 g/mol. The topological polar surface area (TPSA) is 22.0 Å². The monoisotopic (exact) mass is 335 g/mol. The molecule has 0 aliphatic heterocycles. The molecule has 0 spiro atoms. The summed E-state index contributed by atoms with van der Waals surface area (Å²) in [5.41, 5.74) is 7.97. The molecule has 0 saturated carbocycles. The van der Waals surface area contributed by atoms with Crippen LogP contribution in [0.15, 0.2) is 41.2 Å². The fraction of sp³-hybridized carbons (Fsp3) is 0.348. The zero-order chi connectivity index (χ0) is 18.7. The van der Waals surface area contributed by atoms with E-state index in [1.54, 1.807) is 0 Å². The van der Waals surface area contributed by atoms with Gasteiger partial charge >= 0.3 is 0 Å². The zero-order valence-electron chi connectivity index (χ0n) is 16.5. The first-order valence-electron chi connectivity index (χ1n) is 9.05. The average molecular weight is 335 g/mol. The number of aromatic nitrogens is 1. The molecule has 3 aromatic rings. The first-order chi connectivity index (χ1) is 11.9. The summed E-state index contributed by atoms with van der Waals surface area (Å²) < 4.78 is 2.27. The first-order valence-corrected chi connectivity index (χ1v) is 9.05. The molecule has 3 rings (SSSR count). The van der Waals surface area contributed by atoms with Crippen LogP contribution in [0.5, 0.6) is 0 Å². The maximum Gasteiger partial charge on any atom is 0.192 e. The summed E-state index contributed by atoms with van der Waals surface area (Å²) in [4.78, 5) is 12.6. The summed E-state index contributed by atoms with van der Waals surface area (Å²) in [7, 11) is 0. The molecule has 0 radical (unpaired) electrons. The summed E-state index contributed by atoms with van der Waals surface area (Å²) in [5.74, 6) is 0. The third kappa shape index (κ3) is 3.68. The Morgan fingerprint density at radius 3 is 2.00 bits per heavy atom. The van der Waals surface area contributed by atoms with Crippen LogP contribution >= 0.6 is 0 Å². The van der Waals surface area contributed by atoms with Gasteiger partial charge in [-0.15, -0.1) is 0 Å². The number of hydrogen-bond donors (Lipinski definition) is 0. The van der Waals surface area contributed by atoms with Crippen LogP contribution in [0.25, 0.3) is 10.9 Å². The molecule has 25 heavy (non-hydrogen) atoms. The van der Waals surface area contributed by atoms with Crippen LogP contribution in [-0.4, -0.2) is 4.57 Å². The van der Waals surface area contributed by atoms with Gasteiger partial charge in [-0.25, -0.2) is 0 Å². The number of aryl methyl sites for hydroxylation is 3. The molecule has 0 aliphatic rings. The Kier molecular flexibility index (Phi) is 5.84. The standard InChI is InChI=1S/C21H23NO.C2H6/c1-13-6-8-18(9-7-13)12-22-17(5)16(4)21(23)19-10-14(2)15(3)11-20(19)22;1-2/h6-11H,12H2,1-5H3;1-2H3. The maximum atomic E-state index is 12.6. The van der Waals surface area contributed by atoms with Crippen molar-refractivity contribution in [3.8, 4) is 0 Å². The normalized spacial score (nSPS) is 10.5. The van der Waals surface area contributed by atoms with E-state index in [0.29, 0.717) is 0 Å². The van der Waals surface area contributed by atoms with Crippen molar-refractivity contribution in [2.45, 2.75) is 55.0 Å². The van der Waals surface area contributed by atoms with Gasteiger partial charge in [0.05, 0.1) is 5.52 Å². The van der Waals surface area contributed by atoms with Crippen molar-refractivity contribution in [3.05, 3.63) is 80.1 Å². The summed E-state index contributed by atoms with van der Waals surface area (Å²) in [6, 6.07) is 12.8. The van der Waals surface area contributed by atoms with Crippen molar-refractivity contribution in [2.75, 3.05) is 0 Å². The fourth-order valence-electron chi connectivity index (χ4n) is 3.04. The van der Waals surface area contributed by atoms with Gasteiger partial charge in [0, 0.05) is 23.2 Å². The van der Waals surface area contributed by atoms with Crippen LogP contribution in [-0.2, 0) is 6.54 Å². The highest BCUT2D eigenvalue weighted by Crippen LogP contribution is 2.21. The molecule has 0 N–H and O–H groups in total. The van der Waals surface area contributed by atoms with Gasteiger partial charge in [-0.05, 0) is 63.4 Å². The number of pyridine rings is 1. The Balaban J connectivity index is 0.00000109. The lowest BCUT2D eigenvalue weighted by molar-refractivity contribution is 0.783. The second-order valence-electron chi connectivity index (χ2n) is 6.56. The van der Waals surface area contributed by atoms with Gasteiger partial charge in [0.25, 0.3) is 0 Å². The molecule has 1 aromatic heterocycles. The van der Waals surface area contributed by atoms with E-state index < -0.39 is 0 Å². The Morgan fingerprint density at radius 2 is 1.40 bits per heavy atom. The van der Waals surface area contributed by atoms with Gasteiger partial charge < -0.3 is 4.57 Å². The molecule has 2 heteroatoms. The van der Waals surface area contributed by atoms with Gasteiger partial charge in [-0.2, -0.15) is 0 Å². The maximum absolute atomic E-state index is 12.6. The minimum absolute atomic E-state index is 0.153. The highest BCUT2D eigenvalue weighted by Gasteiger charge is 2.12. The van der Waals surface area contributed by atoms with Crippen LogP contribution in [0.3, 0.4) is 0 Å². The molecule has 2 aromatic carbocycles. The van der Waals surface area contributed by atoms with Crippen molar-refractivity contribution in [3.63, 3.8) is 0 Å². The highest BCUT2D eigenvalue weighted by atomic mass is 16.1. The molecule has 0 fully saturated rings. The first kappa shape index (κ1) is 19.0. The van der Waals surface area contributed by atoms with Gasteiger partial charge in [-0.1, -0.05) is 43.7 Å². The number of benzene rings is 2. The lowest BCUT2D eigenvalue weighted by Gasteiger charge is -2.18. The Labute approximate surface area is 151 Å². The van der Waals surface area contributed by atoms with Crippen LogP contribution in [0, 0.1) is 34.6 Å². The molecule has 0 unspecified atom stereocenters. The molecule has 0 aliphatic carbocycles. The molecule has 132 valence electrons. The lowest BCUT2D eigenvalue weighted by Crippen LogP contribution is -2.17. The van der Waals surface area contributed by atoms with Crippen LogP contribution in [0.4, 0.5) is 0 Å². The molecule has 2 nitrogen and oxygen atoms in total. The van der Waals surface area contributed by atoms with E-state index in [2.05, 4.69) is 55.7 Å².